The summed E-state index contributed by atoms with van der Waals surface area (Å²) in [5.41, 5.74) is 11.4. The number of benzene rings is 8. The molecule has 0 atom stereocenters. The van der Waals surface area contributed by atoms with Gasteiger partial charge in [-0.25, -0.2) is 0 Å². The van der Waals surface area contributed by atoms with Crippen LogP contribution in [0.15, 0.2) is 199 Å². The van der Waals surface area contributed by atoms with Gasteiger partial charge < -0.3 is 9.32 Å². The first-order chi connectivity index (χ1) is 25.8. The van der Waals surface area contributed by atoms with E-state index in [0.717, 1.165) is 72.3 Å². The van der Waals surface area contributed by atoms with Crippen LogP contribution in [-0.4, -0.2) is 4.98 Å². The molecular weight excluding hydrogens is 633 g/mol. The Morgan fingerprint density at radius 3 is 1.73 bits per heavy atom. The third kappa shape index (κ3) is 5.02. The van der Waals surface area contributed by atoms with E-state index in [4.69, 9.17) is 9.40 Å². The van der Waals surface area contributed by atoms with Crippen LogP contribution in [0.3, 0.4) is 0 Å². The van der Waals surface area contributed by atoms with Gasteiger partial charge in [0.25, 0.3) is 0 Å². The molecule has 10 aromatic rings. The van der Waals surface area contributed by atoms with Gasteiger partial charge >= 0.3 is 0 Å². The fourth-order valence-electron chi connectivity index (χ4n) is 7.68. The average molecular weight is 665 g/mol. The van der Waals surface area contributed by atoms with E-state index in [1.54, 1.807) is 0 Å². The third-order valence-electron chi connectivity index (χ3n) is 10.1. The molecule has 2 heterocycles. The molecule has 2 aromatic heterocycles. The van der Waals surface area contributed by atoms with Crippen molar-refractivity contribution in [2.24, 2.45) is 0 Å². The van der Waals surface area contributed by atoms with Crippen LogP contribution in [0.1, 0.15) is 0 Å². The summed E-state index contributed by atoms with van der Waals surface area (Å²) in [5, 5.41) is 6.97. The van der Waals surface area contributed by atoms with Crippen molar-refractivity contribution in [3.8, 4) is 33.5 Å². The van der Waals surface area contributed by atoms with Crippen LogP contribution in [0.25, 0.3) is 77.0 Å². The van der Waals surface area contributed by atoms with Gasteiger partial charge in [-0.3, -0.25) is 4.98 Å². The van der Waals surface area contributed by atoms with Crippen molar-refractivity contribution in [1.82, 2.24) is 4.98 Å². The van der Waals surface area contributed by atoms with Crippen molar-refractivity contribution >= 4 is 60.5 Å². The molecule has 0 aliphatic carbocycles. The monoisotopic (exact) mass is 664 g/mol. The molecule has 0 aliphatic heterocycles. The summed E-state index contributed by atoms with van der Waals surface area (Å²) in [5.74, 6) is 0. The lowest BCUT2D eigenvalue weighted by Crippen LogP contribution is -2.09. The van der Waals surface area contributed by atoms with E-state index in [-0.39, 0.29) is 0 Å². The van der Waals surface area contributed by atoms with Crippen molar-refractivity contribution in [1.29, 1.82) is 0 Å². The maximum absolute atomic E-state index is 6.83. The molecule has 3 nitrogen and oxygen atoms in total. The van der Waals surface area contributed by atoms with Crippen LogP contribution in [0, 0.1) is 0 Å². The minimum atomic E-state index is 0.848. The minimum Gasteiger partial charge on any atom is -0.455 e. The molecule has 0 amide bonds. The van der Waals surface area contributed by atoms with Crippen LogP contribution in [-0.2, 0) is 0 Å². The Labute approximate surface area is 301 Å². The maximum atomic E-state index is 6.83. The molecular formula is C49H32N2O. The molecule has 0 spiro atoms. The first-order valence-electron chi connectivity index (χ1n) is 17.6. The Hall–Kier alpha value is -6.97. The number of hydrogen-bond donors (Lipinski definition) is 0. The van der Waals surface area contributed by atoms with Crippen LogP contribution in [0.4, 0.5) is 17.1 Å². The van der Waals surface area contributed by atoms with Gasteiger partial charge in [0, 0.05) is 50.7 Å². The van der Waals surface area contributed by atoms with E-state index in [2.05, 4.69) is 193 Å². The number of para-hydroxylation sites is 2. The summed E-state index contributed by atoms with van der Waals surface area (Å²) in [7, 11) is 0. The molecule has 0 N–H and O–H groups in total. The Kier molecular flexibility index (Phi) is 7.14. The van der Waals surface area contributed by atoms with Gasteiger partial charge in [0.2, 0.25) is 0 Å². The predicted molar refractivity (Wildman–Crippen MR) is 218 cm³/mol. The lowest BCUT2D eigenvalue weighted by Gasteiger charge is -2.25. The molecule has 0 saturated heterocycles. The van der Waals surface area contributed by atoms with E-state index in [1.807, 2.05) is 6.20 Å². The molecule has 0 radical (unpaired) electrons. The molecule has 0 bridgehead atoms. The van der Waals surface area contributed by atoms with Crippen molar-refractivity contribution in [3.63, 3.8) is 0 Å². The number of fused-ring (bicyclic) bond motifs is 6. The summed E-state index contributed by atoms with van der Waals surface area (Å²) < 4.78 is 6.83. The molecule has 244 valence electrons. The molecule has 52 heavy (non-hydrogen) atoms. The zero-order valence-corrected chi connectivity index (χ0v) is 28.3. The van der Waals surface area contributed by atoms with Crippen molar-refractivity contribution < 1.29 is 4.42 Å². The fourth-order valence-corrected chi connectivity index (χ4v) is 7.68. The Balaban J connectivity index is 1.11. The highest BCUT2D eigenvalue weighted by molar-refractivity contribution is 6.25. The standard InChI is InChI=1S/C49H32N2O/c1-3-16-37(17-4-1)51(38-18-5-2-6-19-38)39-28-25-34(26-29-39)44-31-35-14-8-10-21-42(35)48-47-43(23-12-24-46(47)52-49(44)48)45-30-27-36(32-50-45)41-22-11-15-33-13-7-9-20-40(33)41/h1-32H. The number of hydrogen-bond acceptors (Lipinski definition) is 3. The molecule has 0 aliphatic rings. The largest absolute Gasteiger partial charge is 0.455 e. The number of nitrogens with zero attached hydrogens (tertiary/aromatic N) is 2. The summed E-state index contributed by atoms with van der Waals surface area (Å²) in [4.78, 5) is 7.34. The number of pyridine rings is 1. The highest BCUT2D eigenvalue weighted by Crippen LogP contribution is 2.45. The second kappa shape index (κ2) is 12.4. The molecule has 3 heteroatoms. The minimum absolute atomic E-state index is 0.848. The lowest BCUT2D eigenvalue weighted by atomic mass is 9.94. The summed E-state index contributed by atoms with van der Waals surface area (Å²) in [6.45, 7) is 0. The zero-order valence-electron chi connectivity index (χ0n) is 28.3. The summed E-state index contributed by atoms with van der Waals surface area (Å²) >= 11 is 0. The van der Waals surface area contributed by atoms with Gasteiger partial charge in [0.15, 0.2) is 0 Å². The lowest BCUT2D eigenvalue weighted by molar-refractivity contribution is 0.670. The van der Waals surface area contributed by atoms with E-state index < -0.39 is 0 Å². The highest BCUT2D eigenvalue weighted by atomic mass is 16.3. The van der Waals surface area contributed by atoms with Crippen LogP contribution in [0.2, 0.25) is 0 Å². The van der Waals surface area contributed by atoms with Crippen molar-refractivity contribution in [2.75, 3.05) is 4.90 Å². The molecule has 0 saturated carbocycles. The van der Waals surface area contributed by atoms with Crippen LogP contribution in [0.5, 0.6) is 0 Å². The SMILES string of the molecule is c1ccc(N(c2ccccc2)c2ccc(-c3cc4ccccc4c4c3oc3cccc(-c5ccc(-c6cccc7ccccc67)cn5)c34)cc2)cc1. The van der Waals surface area contributed by atoms with Gasteiger partial charge in [0.1, 0.15) is 11.2 Å². The van der Waals surface area contributed by atoms with Gasteiger partial charge in [-0.1, -0.05) is 133 Å². The van der Waals surface area contributed by atoms with Crippen molar-refractivity contribution in [3.05, 3.63) is 194 Å². The average Bonchev–Trinajstić information content (AvgIpc) is 3.62. The van der Waals surface area contributed by atoms with Gasteiger partial charge in [-0.2, -0.15) is 0 Å². The zero-order chi connectivity index (χ0) is 34.4. The topological polar surface area (TPSA) is 29.3 Å². The first kappa shape index (κ1) is 29.9. The maximum Gasteiger partial charge on any atom is 0.143 e. The highest BCUT2D eigenvalue weighted by Gasteiger charge is 2.20. The second-order valence-corrected chi connectivity index (χ2v) is 13.1. The summed E-state index contributed by atoms with van der Waals surface area (Å²) in [6, 6.07) is 66.3. The van der Waals surface area contributed by atoms with Crippen LogP contribution < -0.4 is 4.90 Å². The number of furan rings is 1. The second-order valence-electron chi connectivity index (χ2n) is 13.1. The van der Waals surface area contributed by atoms with E-state index >= 15 is 0 Å². The smallest absolute Gasteiger partial charge is 0.143 e. The first-order valence-corrected chi connectivity index (χ1v) is 17.6. The number of rotatable bonds is 6. The molecule has 10 rings (SSSR count). The number of anilines is 3. The summed E-state index contributed by atoms with van der Waals surface area (Å²) in [6.07, 6.45) is 2.00. The van der Waals surface area contributed by atoms with E-state index in [9.17, 15) is 0 Å². The van der Waals surface area contributed by atoms with Gasteiger partial charge in [0.05, 0.1) is 5.69 Å². The number of aromatic nitrogens is 1. The molecule has 8 aromatic carbocycles. The van der Waals surface area contributed by atoms with E-state index in [0.29, 0.717) is 0 Å². The molecule has 0 unspecified atom stereocenters. The predicted octanol–water partition coefficient (Wildman–Crippen LogP) is 13.8. The fraction of sp³-hybridized carbons (Fsp3) is 0. The molecule has 0 fully saturated rings. The van der Waals surface area contributed by atoms with Crippen LogP contribution >= 0.6 is 0 Å². The normalized spacial score (nSPS) is 11.5. The Morgan fingerprint density at radius 1 is 0.404 bits per heavy atom. The Bertz CT molecular complexity index is 2830. The Morgan fingerprint density at radius 2 is 1.00 bits per heavy atom. The quantitative estimate of drug-likeness (QED) is 0.177. The van der Waals surface area contributed by atoms with Gasteiger partial charge in [-0.05, 0) is 87.3 Å². The third-order valence-corrected chi connectivity index (χ3v) is 10.1. The van der Waals surface area contributed by atoms with Gasteiger partial charge in [-0.15, -0.1) is 0 Å². The van der Waals surface area contributed by atoms with E-state index in [1.165, 1.54) is 21.7 Å². The van der Waals surface area contributed by atoms with Crippen molar-refractivity contribution in [2.45, 2.75) is 0 Å².